The maximum absolute atomic E-state index is 12.4. The van der Waals surface area contributed by atoms with Crippen molar-refractivity contribution in [2.45, 2.75) is 25.8 Å². The lowest BCUT2D eigenvalue weighted by Gasteiger charge is -2.29. The fourth-order valence-corrected chi connectivity index (χ4v) is 3.25. The monoisotopic (exact) mass is 301 g/mol. The van der Waals surface area contributed by atoms with Crippen molar-refractivity contribution in [1.82, 2.24) is 10.3 Å². The van der Waals surface area contributed by atoms with Gasteiger partial charge in [-0.3, -0.25) is 4.79 Å². The summed E-state index contributed by atoms with van der Waals surface area (Å²) in [7, 11) is 0. The molecule has 2 aromatic heterocycles. The van der Waals surface area contributed by atoms with E-state index in [1.165, 1.54) is 19.3 Å². The van der Waals surface area contributed by atoms with Gasteiger partial charge in [-0.1, -0.05) is 6.07 Å². The van der Waals surface area contributed by atoms with Gasteiger partial charge in [0.2, 0.25) is 0 Å². The third kappa shape index (κ3) is 3.42. The van der Waals surface area contributed by atoms with Gasteiger partial charge in [-0.25, -0.2) is 4.98 Å². The van der Waals surface area contributed by atoms with Gasteiger partial charge in [0.1, 0.15) is 5.82 Å². The van der Waals surface area contributed by atoms with Gasteiger partial charge < -0.3 is 10.2 Å². The van der Waals surface area contributed by atoms with E-state index < -0.39 is 0 Å². The molecule has 0 atom stereocenters. The van der Waals surface area contributed by atoms with Crippen LogP contribution in [-0.4, -0.2) is 24.0 Å². The highest BCUT2D eigenvalue weighted by atomic mass is 32.1. The third-order valence-electron chi connectivity index (χ3n) is 3.69. The molecule has 4 nitrogen and oxygen atoms in total. The molecule has 2 aromatic rings. The lowest BCUT2D eigenvalue weighted by Crippen LogP contribution is -2.33. The topological polar surface area (TPSA) is 45.2 Å². The molecule has 3 heterocycles. The second-order valence-electron chi connectivity index (χ2n) is 5.18. The number of thiophene rings is 1. The van der Waals surface area contributed by atoms with Gasteiger partial charge in [0, 0.05) is 24.2 Å². The van der Waals surface area contributed by atoms with Gasteiger partial charge in [-0.05, 0) is 42.8 Å². The smallest absolute Gasteiger partial charge is 0.255 e. The molecule has 0 radical (unpaired) electrons. The molecule has 3 rings (SSSR count). The summed E-state index contributed by atoms with van der Waals surface area (Å²) in [4.78, 5) is 20.3. The number of piperidine rings is 1. The molecule has 0 spiro atoms. The zero-order valence-electron chi connectivity index (χ0n) is 11.9. The molecular weight excluding hydrogens is 282 g/mol. The maximum atomic E-state index is 12.4. The van der Waals surface area contributed by atoms with Crippen molar-refractivity contribution in [2.24, 2.45) is 0 Å². The first kappa shape index (κ1) is 14.1. The average Bonchev–Trinajstić information content (AvgIpc) is 3.07. The lowest BCUT2D eigenvalue weighted by molar-refractivity contribution is 0.0951. The van der Waals surface area contributed by atoms with Crippen molar-refractivity contribution in [2.75, 3.05) is 18.0 Å². The molecule has 0 aromatic carbocycles. The Kier molecular flexibility index (Phi) is 4.50. The number of hydrogen-bond donors (Lipinski definition) is 1. The predicted molar refractivity (Wildman–Crippen MR) is 85.8 cm³/mol. The first-order valence-electron chi connectivity index (χ1n) is 7.35. The van der Waals surface area contributed by atoms with Gasteiger partial charge in [0.15, 0.2) is 0 Å². The van der Waals surface area contributed by atoms with Crippen LogP contribution in [0.3, 0.4) is 0 Å². The summed E-state index contributed by atoms with van der Waals surface area (Å²) >= 11 is 1.65. The number of aromatic nitrogens is 1. The molecule has 0 aliphatic carbocycles. The van der Waals surface area contributed by atoms with Crippen LogP contribution in [0.25, 0.3) is 0 Å². The van der Waals surface area contributed by atoms with E-state index in [0.29, 0.717) is 12.1 Å². The van der Waals surface area contributed by atoms with Crippen LogP contribution in [0.5, 0.6) is 0 Å². The minimum absolute atomic E-state index is 0.0444. The normalized spacial score (nSPS) is 15.0. The van der Waals surface area contributed by atoms with E-state index in [4.69, 9.17) is 0 Å². The molecular formula is C16H19N3OS. The van der Waals surface area contributed by atoms with Crippen LogP contribution in [0.15, 0.2) is 35.8 Å². The van der Waals surface area contributed by atoms with Gasteiger partial charge in [-0.2, -0.15) is 0 Å². The Bertz CT molecular complexity index is 591. The van der Waals surface area contributed by atoms with E-state index in [2.05, 4.69) is 15.2 Å². The number of anilines is 1. The molecule has 0 saturated carbocycles. The van der Waals surface area contributed by atoms with Crippen LogP contribution in [0.1, 0.15) is 34.5 Å². The van der Waals surface area contributed by atoms with Crippen LogP contribution in [0.4, 0.5) is 5.82 Å². The second-order valence-corrected chi connectivity index (χ2v) is 6.22. The Morgan fingerprint density at radius 2 is 2.10 bits per heavy atom. The average molecular weight is 301 g/mol. The molecule has 0 unspecified atom stereocenters. The van der Waals surface area contributed by atoms with Gasteiger partial charge in [0.25, 0.3) is 5.91 Å². The summed E-state index contributed by atoms with van der Waals surface area (Å²) in [6, 6.07) is 7.71. The number of rotatable bonds is 4. The number of nitrogens with zero attached hydrogens (tertiary/aromatic N) is 2. The molecule has 21 heavy (non-hydrogen) atoms. The molecule has 1 fully saturated rings. The van der Waals surface area contributed by atoms with Crippen LogP contribution < -0.4 is 10.2 Å². The number of nitrogens with one attached hydrogen (secondary N) is 1. The van der Waals surface area contributed by atoms with Crippen molar-refractivity contribution >= 4 is 23.1 Å². The highest BCUT2D eigenvalue weighted by molar-refractivity contribution is 7.09. The van der Waals surface area contributed by atoms with E-state index in [1.807, 2.05) is 29.6 Å². The summed E-state index contributed by atoms with van der Waals surface area (Å²) < 4.78 is 0. The molecule has 1 N–H and O–H groups in total. The minimum Gasteiger partial charge on any atom is -0.356 e. The highest BCUT2D eigenvalue weighted by Crippen LogP contribution is 2.21. The van der Waals surface area contributed by atoms with Crippen molar-refractivity contribution in [3.05, 3.63) is 46.3 Å². The fourth-order valence-electron chi connectivity index (χ4n) is 2.61. The lowest BCUT2D eigenvalue weighted by atomic mass is 10.1. The molecule has 1 amide bonds. The maximum Gasteiger partial charge on any atom is 0.255 e. The molecule has 110 valence electrons. The summed E-state index contributed by atoms with van der Waals surface area (Å²) in [5, 5.41) is 5.00. The molecule has 0 bridgehead atoms. The minimum atomic E-state index is -0.0444. The Labute approximate surface area is 128 Å². The number of carbonyl (C=O) groups is 1. The first-order chi connectivity index (χ1) is 10.3. The first-order valence-corrected chi connectivity index (χ1v) is 8.23. The molecule has 1 aliphatic heterocycles. The van der Waals surface area contributed by atoms with Crippen molar-refractivity contribution < 1.29 is 4.79 Å². The van der Waals surface area contributed by atoms with Gasteiger partial charge in [-0.15, -0.1) is 11.3 Å². The van der Waals surface area contributed by atoms with Crippen molar-refractivity contribution in [3.8, 4) is 0 Å². The molecule has 1 saturated heterocycles. The van der Waals surface area contributed by atoms with Crippen LogP contribution in [0.2, 0.25) is 0 Å². The third-order valence-corrected chi connectivity index (χ3v) is 4.57. The van der Waals surface area contributed by atoms with Crippen molar-refractivity contribution in [1.29, 1.82) is 0 Å². The Morgan fingerprint density at radius 1 is 1.24 bits per heavy atom. The summed E-state index contributed by atoms with van der Waals surface area (Å²) in [5.74, 6) is 0.776. The van der Waals surface area contributed by atoms with E-state index in [-0.39, 0.29) is 5.91 Å². The van der Waals surface area contributed by atoms with E-state index in [9.17, 15) is 4.79 Å². The highest BCUT2D eigenvalue weighted by Gasteiger charge is 2.19. The van der Waals surface area contributed by atoms with Gasteiger partial charge >= 0.3 is 0 Å². The summed E-state index contributed by atoms with van der Waals surface area (Å²) in [6.07, 6.45) is 5.38. The number of carbonyl (C=O) groups excluding carboxylic acids is 1. The Morgan fingerprint density at radius 3 is 2.86 bits per heavy atom. The number of hydrogen-bond acceptors (Lipinski definition) is 4. The van der Waals surface area contributed by atoms with E-state index in [0.717, 1.165) is 23.8 Å². The summed E-state index contributed by atoms with van der Waals surface area (Å²) in [5.41, 5.74) is 0.677. The zero-order chi connectivity index (χ0) is 14.5. The summed E-state index contributed by atoms with van der Waals surface area (Å²) in [6.45, 7) is 2.55. The standard InChI is InChI=1S/C16H19N3OS/c20-16(18-12-13-6-5-11-21-13)14-7-4-8-17-15(14)19-9-2-1-3-10-19/h4-8,11H,1-3,9-10,12H2,(H,18,20). The second kappa shape index (κ2) is 6.72. The zero-order valence-corrected chi connectivity index (χ0v) is 12.7. The van der Waals surface area contributed by atoms with Crippen LogP contribution in [-0.2, 0) is 6.54 Å². The van der Waals surface area contributed by atoms with E-state index >= 15 is 0 Å². The number of amides is 1. The van der Waals surface area contributed by atoms with Crippen molar-refractivity contribution in [3.63, 3.8) is 0 Å². The predicted octanol–water partition coefficient (Wildman–Crippen LogP) is 3.06. The molecule has 1 aliphatic rings. The van der Waals surface area contributed by atoms with Crippen LogP contribution >= 0.6 is 11.3 Å². The Balaban J connectivity index is 1.73. The molecule has 5 heteroatoms. The SMILES string of the molecule is O=C(NCc1cccs1)c1cccnc1N1CCCCC1. The van der Waals surface area contributed by atoms with Gasteiger partial charge in [0.05, 0.1) is 12.1 Å². The Hall–Kier alpha value is -1.88. The fraction of sp³-hybridized carbons (Fsp3) is 0.375. The number of pyridine rings is 1. The quantitative estimate of drug-likeness (QED) is 0.944. The van der Waals surface area contributed by atoms with E-state index in [1.54, 1.807) is 17.5 Å². The largest absolute Gasteiger partial charge is 0.356 e. The van der Waals surface area contributed by atoms with Crippen LogP contribution in [0, 0.1) is 0 Å².